The molecule has 1 aliphatic heterocycles. The molecular formula is C25H18ClN9O12S3. The van der Waals surface area contributed by atoms with Crippen molar-refractivity contribution in [3.63, 3.8) is 0 Å². The van der Waals surface area contributed by atoms with E-state index in [-0.39, 0.29) is 34.2 Å². The summed E-state index contributed by atoms with van der Waals surface area (Å²) in [5, 5.41) is 26.3. The summed E-state index contributed by atoms with van der Waals surface area (Å²) in [6.07, 6.45) is 0. The van der Waals surface area contributed by atoms with Gasteiger partial charge in [-0.25, -0.2) is 4.79 Å². The van der Waals surface area contributed by atoms with Gasteiger partial charge in [0.15, 0.2) is 5.71 Å². The molecule has 260 valence electrons. The number of amides is 1. The number of nitrogens with zero attached hydrogens (tertiary/aromatic N) is 7. The Hall–Kier alpha value is -5.50. The molecule has 0 saturated carbocycles. The highest BCUT2D eigenvalue weighted by atomic mass is 35.5. The molecule has 4 aromatic rings. The standard InChI is InChI=1S/C25H18ClN9O12S3/c26-23-29-24(27-12-2-1-3-16(10-12)49(42,43)44)31-25(30-23)28-13-4-9-18(50(45,46)47)17(11-13)32-33-19-20(22(37)38)34-35(21(19)36)14-5-7-15(8-6-14)48(39,40)41/h1-11,19H,(H,37,38)(H,39,40,41)(H,42,43,44)(H,45,46,47)(H2,27,28,29,30,31). The molecule has 6 N–H and O–H groups in total. The second-order valence-electron chi connectivity index (χ2n) is 9.69. The molecule has 1 amide bonds. The van der Waals surface area contributed by atoms with Crippen LogP contribution < -0.4 is 15.6 Å². The van der Waals surface area contributed by atoms with Crippen molar-refractivity contribution in [2.24, 2.45) is 15.3 Å². The van der Waals surface area contributed by atoms with E-state index in [0.29, 0.717) is 5.01 Å². The van der Waals surface area contributed by atoms with Crippen molar-refractivity contribution in [2.45, 2.75) is 20.7 Å². The Morgan fingerprint density at radius 1 is 0.780 bits per heavy atom. The van der Waals surface area contributed by atoms with Gasteiger partial charge in [0, 0.05) is 11.4 Å². The van der Waals surface area contributed by atoms with Gasteiger partial charge in [-0.05, 0) is 72.3 Å². The van der Waals surface area contributed by atoms with Gasteiger partial charge in [-0.2, -0.15) is 60.5 Å². The van der Waals surface area contributed by atoms with Gasteiger partial charge in [0.25, 0.3) is 36.3 Å². The van der Waals surface area contributed by atoms with E-state index >= 15 is 0 Å². The number of nitrogens with one attached hydrogen (secondary N) is 2. The fraction of sp³-hybridized carbons (Fsp3) is 0.0400. The molecule has 0 aliphatic carbocycles. The maximum Gasteiger partial charge on any atom is 0.355 e. The number of aromatic nitrogens is 3. The van der Waals surface area contributed by atoms with Crippen LogP contribution in [0.15, 0.2) is 96.7 Å². The molecule has 0 spiro atoms. The number of azo groups is 1. The summed E-state index contributed by atoms with van der Waals surface area (Å²) in [6.45, 7) is 0. The summed E-state index contributed by atoms with van der Waals surface area (Å²) in [5.74, 6) is -3.24. The lowest BCUT2D eigenvalue weighted by Crippen LogP contribution is -2.33. The molecule has 1 unspecified atom stereocenters. The van der Waals surface area contributed by atoms with Crippen LogP contribution in [0.2, 0.25) is 5.28 Å². The summed E-state index contributed by atoms with van der Waals surface area (Å²) < 4.78 is 98.1. The average molecular weight is 768 g/mol. The first-order valence-corrected chi connectivity index (χ1v) is 17.8. The summed E-state index contributed by atoms with van der Waals surface area (Å²) in [5.41, 5.74) is -1.42. The van der Waals surface area contributed by atoms with Gasteiger partial charge in [-0.3, -0.25) is 18.5 Å². The van der Waals surface area contributed by atoms with Crippen molar-refractivity contribution in [3.05, 3.63) is 72.0 Å². The predicted molar refractivity (Wildman–Crippen MR) is 171 cm³/mol. The third-order valence-electron chi connectivity index (χ3n) is 6.28. The Bertz CT molecular complexity index is 2450. The Labute approximate surface area is 285 Å². The second kappa shape index (κ2) is 13.4. The topological polar surface area (TPSA) is 321 Å². The van der Waals surface area contributed by atoms with Crippen LogP contribution in [0.4, 0.5) is 34.6 Å². The molecule has 1 atom stereocenters. The first kappa shape index (κ1) is 35.8. The molecule has 0 bridgehead atoms. The van der Waals surface area contributed by atoms with Gasteiger partial charge < -0.3 is 15.7 Å². The van der Waals surface area contributed by atoms with Crippen molar-refractivity contribution >= 4 is 94.2 Å². The third kappa shape index (κ3) is 8.20. The van der Waals surface area contributed by atoms with Gasteiger partial charge in [-0.1, -0.05) is 6.07 Å². The number of carbonyl (C=O) groups excluding carboxylic acids is 1. The van der Waals surface area contributed by atoms with Crippen molar-refractivity contribution in [2.75, 3.05) is 15.6 Å². The molecule has 0 fully saturated rings. The second-order valence-corrected chi connectivity index (χ2v) is 14.3. The minimum absolute atomic E-state index is 0.00152. The van der Waals surface area contributed by atoms with Gasteiger partial charge in [0.2, 0.25) is 23.2 Å². The minimum Gasteiger partial charge on any atom is -0.477 e. The number of aliphatic carboxylic acids is 1. The first-order chi connectivity index (χ1) is 23.3. The Kier molecular flexibility index (Phi) is 9.61. The Morgan fingerprint density at radius 2 is 1.38 bits per heavy atom. The van der Waals surface area contributed by atoms with Gasteiger partial charge in [0.05, 0.1) is 15.5 Å². The number of hydrogen-bond acceptors (Lipinski definition) is 16. The molecule has 5 rings (SSSR count). The number of carbonyl (C=O) groups is 2. The summed E-state index contributed by atoms with van der Waals surface area (Å²) in [6, 6.07) is 10.1. The lowest BCUT2D eigenvalue weighted by Gasteiger charge is -2.12. The number of halogens is 1. The number of hydrogen-bond donors (Lipinski definition) is 6. The number of carboxylic acids is 1. The number of anilines is 5. The number of hydrazone groups is 1. The van der Waals surface area contributed by atoms with E-state index in [4.69, 9.17) is 11.6 Å². The van der Waals surface area contributed by atoms with Crippen LogP contribution in [0.1, 0.15) is 0 Å². The Balaban J connectivity index is 1.44. The molecule has 3 aromatic carbocycles. The first-order valence-electron chi connectivity index (χ1n) is 13.1. The van der Waals surface area contributed by atoms with Crippen LogP contribution in [-0.2, 0) is 39.9 Å². The molecule has 50 heavy (non-hydrogen) atoms. The number of carboxylic acid groups (broad SMARTS) is 1. The highest BCUT2D eigenvalue weighted by Crippen LogP contribution is 2.31. The van der Waals surface area contributed by atoms with Crippen LogP contribution in [-0.4, -0.2) is 82.6 Å². The van der Waals surface area contributed by atoms with Gasteiger partial charge >= 0.3 is 5.97 Å². The van der Waals surface area contributed by atoms with Crippen LogP contribution in [0, 0.1) is 0 Å². The molecular weight excluding hydrogens is 750 g/mol. The average Bonchev–Trinajstić information content (AvgIpc) is 3.34. The van der Waals surface area contributed by atoms with E-state index in [1.807, 2.05) is 0 Å². The predicted octanol–water partition coefficient (Wildman–Crippen LogP) is 2.69. The maximum absolute atomic E-state index is 13.1. The summed E-state index contributed by atoms with van der Waals surface area (Å²) in [7, 11) is -14.1. The van der Waals surface area contributed by atoms with Crippen LogP contribution >= 0.6 is 11.6 Å². The van der Waals surface area contributed by atoms with E-state index < -0.39 is 74.4 Å². The summed E-state index contributed by atoms with van der Waals surface area (Å²) >= 11 is 6.00. The monoisotopic (exact) mass is 767 g/mol. The zero-order valence-electron chi connectivity index (χ0n) is 24.2. The molecule has 21 nitrogen and oxygen atoms in total. The van der Waals surface area contributed by atoms with Crippen molar-refractivity contribution < 1.29 is 53.6 Å². The van der Waals surface area contributed by atoms with Crippen LogP contribution in [0.25, 0.3) is 0 Å². The zero-order chi connectivity index (χ0) is 36.6. The highest BCUT2D eigenvalue weighted by molar-refractivity contribution is 7.86. The SMILES string of the molecule is O=C(O)C1=NN(c2ccc(S(=O)(=O)O)cc2)C(=O)C1N=Nc1cc(Nc2nc(Cl)nc(Nc3cccc(S(=O)(=O)O)c3)n2)ccc1S(=O)(=O)O. The van der Waals surface area contributed by atoms with Crippen molar-refractivity contribution in [1.82, 2.24) is 15.0 Å². The zero-order valence-corrected chi connectivity index (χ0v) is 27.4. The van der Waals surface area contributed by atoms with Gasteiger partial charge in [0.1, 0.15) is 10.6 Å². The normalized spacial score (nSPS) is 15.3. The van der Waals surface area contributed by atoms with E-state index in [0.717, 1.165) is 54.6 Å². The Morgan fingerprint density at radius 3 is 1.94 bits per heavy atom. The van der Waals surface area contributed by atoms with Crippen molar-refractivity contribution in [3.8, 4) is 0 Å². The molecule has 25 heteroatoms. The van der Waals surface area contributed by atoms with Crippen LogP contribution in [0.3, 0.4) is 0 Å². The molecule has 0 saturated heterocycles. The maximum atomic E-state index is 13.1. The van der Waals surface area contributed by atoms with E-state index in [1.165, 1.54) is 12.1 Å². The molecule has 1 aromatic heterocycles. The lowest BCUT2D eigenvalue weighted by atomic mass is 10.2. The molecule has 1 aliphatic rings. The van der Waals surface area contributed by atoms with E-state index in [9.17, 15) is 53.6 Å². The third-order valence-corrected chi connectivity index (χ3v) is 9.07. The summed E-state index contributed by atoms with van der Waals surface area (Å²) in [4.78, 5) is 35.1. The van der Waals surface area contributed by atoms with E-state index in [1.54, 1.807) is 0 Å². The molecule has 2 heterocycles. The lowest BCUT2D eigenvalue weighted by molar-refractivity contribution is -0.130. The molecule has 0 radical (unpaired) electrons. The van der Waals surface area contributed by atoms with Gasteiger partial charge in [-0.15, -0.1) is 0 Å². The fourth-order valence-electron chi connectivity index (χ4n) is 4.12. The fourth-order valence-corrected chi connectivity index (χ4v) is 5.89. The van der Waals surface area contributed by atoms with E-state index in [2.05, 4.69) is 40.9 Å². The largest absolute Gasteiger partial charge is 0.477 e. The van der Waals surface area contributed by atoms with Crippen molar-refractivity contribution in [1.29, 1.82) is 0 Å². The number of rotatable bonds is 11. The minimum atomic E-state index is -4.97. The quantitative estimate of drug-likeness (QED) is 0.0943. The van der Waals surface area contributed by atoms with Crippen LogP contribution in [0.5, 0.6) is 0 Å². The number of benzene rings is 3. The highest BCUT2D eigenvalue weighted by Gasteiger charge is 2.41. The smallest absolute Gasteiger partial charge is 0.355 e.